The van der Waals surface area contributed by atoms with Crippen LogP contribution in [0.3, 0.4) is 0 Å². The Labute approximate surface area is 155 Å². The first kappa shape index (κ1) is 18.7. The molecule has 0 bridgehead atoms. The van der Waals surface area contributed by atoms with Crippen molar-refractivity contribution < 1.29 is 17.9 Å². The van der Waals surface area contributed by atoms with E-state index in [1.807, 2.05) is 6.07 Å². The number of amides is 1. The third-order valence-corrected chi connectivity index (χ3v) is 6.17. The van der Waals surface area contributed by atoms with E-state index in [1.165, 1.54) is 0 Å². The summed E-state index contributed by atoms with van der Waals surface area (Å²) in [6.07, 6.45) is 0. The molecule has 0 radical (unpaired) electrons. The molecule has 2 aromatic carbocycles. The van der Waals surface area contributed by atoms with Crippen molar-refractivity contribution in [1.29, 1.82) is 0 Å². The maximum atomic E-state index is 12.2. The molecule has 0 spiro atoms. The molecule has 1 amide bonds. The number of benzene rings is 2. The van der Waals surface area contributed by atoms with Crippen molar-refractivity contribution in [2.75, 3.05) is 12.9 Å². The van der Waals surface area contributed by atoms with Crippen LogP contribution in [-0.2, 0) is 16.4 Å². The number of rotatable bonds is 6. The minimum absolute atomic E-state index is 0.0672. The lowest BCUT2D eigenvalue weighted by Gasteiger charge is -2.09. The van der Waals surface area contributed by atoms with Crippen LogP contribution in [0.1, 0.15) is 22.8 Å². The molecule has 0 atom stereocenters. The summed E-state index contributed by atoms with van der Waals surface area (Å²) in [5.41, 5.74) is 1.34. The summed E-state index contributed by atoms with van der Waals surface area (Å²) in [6.45, 7) is 1.93. The molecule has 0 aromatic heterocycles. The molecule has 24 heavy (non-hydrogen) atoms. The van der Waals surface area contributed by atoms with Crippen molar-refractivity contribution in [3.63, 3.8) is 0 Å². The van der Waals surface area contributed by atoms with Gasteiger partial charge in [0.15, 0.2) is 9.84 Å². The normalized spacial score (nSPS) is 11.1. The van der Waals surface area contributed by atoms with Crippen LogP contribution in [0.15, 0.2) is 47.4 Å². The van der Waals surface area contributed by atoms with Gasteiger partial charge in [-0.1, -0.05) is 19.1 Å². The van der Waals surface area contributed by atoms with E-state index in [1.54, 1.807) is 50.4 Å². The van der Waals surface area contributed by atoms with Gasteiger partial charge in [-0.05, 0) is 58.5 Å². The van der Waals surface area contributed by atoms with Crippen LogP contribution in [0.2, 0.25) is 0 Å². The van der Waals surface area contributed by atoms with Crippen molar-refractivity contribution in [3.8, 4) is 5.75 Å². The Balaban J connectivity index is 2.04. The molecule has 0 heterocycles. The SMILES string of the molecule is CCS(=O)(=O)c1ccc(CNC(=O)c2ccc(I)c(OC)c2)cc1. The van der Waals surface area contributed by atoms with Gasteiger partial charge in [-0.15, -0.1) is 0 Å². The van der Waals surface area contributed by atoms with E-state index < -0.39 is 9.84 Å². The lowest BCUT2D eigenvalue weighted by Crippen LogP contribution is -2.22. The average molecular weight is 459 g/mol. The Bertz CT molecular complexity index is 832. The first-order valence-electron chi connectivity index (χ1n) is 7.31. The van der Waals surface area contributed by atoms with Crippen LogP contribution in [0.25, 0.3) is 0 Å². The predicted octanol–water partition coefficient (Wildman–Crippen LogP) is 3.02. The van der Waals surface area contributed by atoms with Gasteiger partial charge in [-0.25, -0.2) is 8.42 Å². The Morgan fingerprint density at radius 3 is 2.42 bits per heavy atom. The van der Waals surface area contributed by atoms with E-state index >= 15 is 0 Å². The zero-order valence-corrected chi connectivity index (χ0v) is 16.3. The highest BCUT2D eigenvalue weighted by molar-refractivity contribution is 14.1. The second-order valence-electron chi connectivity index (χ2n) is 5.08. The number of carbonyl (C=O) groups is 1. The summed E-state index contributed by atoms with van der Waals surface area (Å²) in [5.74, 6) is 0.505. The fourth-order valence-electron chi connectivity index (χ4n) is 2.07. The van der Waals surface area contributed by atoms with E-state index in [-0.39, 0.29) is 11.7 Å². The molecule has 7 heteroatoms. The Hall–Kier alpha value is -1.61. The number of methoxy groups -OCH3 is 1. The maximum Gasteiger partial charge on any atom is 0.251 e. The molecular formula is C17H18INO4S. The largest absolute Gasteiger partial charge is 0.496 e. The molecule has 0 saturated heterocycles. The van der Waals surface area contributed by atoms with Crippen LogP contribution in [0.5, 0.6) is 5.75 Å². The summed E-state index contributed by atoms with van der Waals surface area (Å²) in [7, 11) is -1.64. The summed E-state index contributed by atoms with van der Waals surface area (Å²) in [4.78, 5) is 12.5. The predicted molar refractivity (Wildman–Crippen MR) is 101 cm³/mol. The van der Waals surface area contributed by atoms with Crippen molar-refractivity contribution in [2.24, 2.45) is 0 Å². The quantitative estimate of drug-likeness (QED) is 0.675. The smallest absolute Gasteiger partial charge is 0.251 e. The standard InChI is InChI=1S/C17H18INO4S/c1-3-24(21,22)14-7-4-12(5-8-14)11-19-17(20)13-6-9-15(18)16(10-13)23-2/h4-10H,3,11H2,1-2H3,(H,19,20). The van der Waals surface area contributed by atoms with Crippen LogP contribution in [-0.4, -0.2) is 27.2 Å². The number of nitrogens with one attached hydrogen (secondary N) is 1. The molecule has 0 unspecified atom stereocenters. The van der Waals surface area contributed by atoms with Gasteiger partial charge >= 0.3 is 0 Å². The zero-order chi connectivity index (χ0) is 17.7. The monoisotopic (exact) mass is 459 g/mol. The number of hydrogen-bond acceptors (Lipinski definition) is 4. The first-order valence-corrected chi connectivity index (χ1v) is 10.0. The van der Waals surface area contributed by atoms with Gasteiger partial charge in [0.1, 0.15) is 5.75 Å². The van der Waals surface area contributed by atoms with Gasteiger partial charge in [0, 0.05) is 12.1 Å². The van der Waals surface area contributed by atoms with Crippen LogP contribution in [0, 0.1) is 3.57 Å². The molecule has 2 aromatic rings. The highest BCUT2D eigenvalue weighted by atomic mass is 127. The van der Waals surface area contributed by atoms with Gasteiger partial charge in [0.25, 0.3) is 5.91 Å². The molecule has 1 N–H and O–H groups in total. The lowest BCUT2D eigenvalue weighted by molar-refractivity contribution is 0.0950. The van der Waals surface area contributed by atoms with E-state index in [0.717, 1.165) is 9.13 Å². The highest BCUT2D eigenvalue weighted by Crippen LogP contribution is 2.21. The van der Waals surface area contributed by atoms with E-state index in [2.05, 4.69) is 27.9 Å². The van der Waals surface area contributed by atoms with Crippen molar-refractivity contribution in [2.45, 2.75) is 18.4 Å². The molecule has 0 fully saturated rings. The van der Waals surface area contributed by atoms with Crippen LogP contribution >= 0.6 is 22.6 Å². The molecule has 0 aliphatic carbocycles. The molecule has 0 aliphatic heterocycles. The Morgan fingerprint density at radius 1 is 1.17 bits per heavy atom. The van der Waals surface area contributed by atoms with E-state index in [0.29, 0.717) is 22.8 Å². The third-order valence-electron chi connectivity index (χ3n) is 3.53. The molecule has 5 nitrogen and oxygen atoms in total. The van der Waals surface area contributed by atoms with Gasteiger partial charge in [-0.2, -0.15) is 0 Å². The summed E-state index contributed by atoms with van der Waals surface area (Å²) in [6, 6.07) is 11.8. The summed E-state index contributed by atoms with van der Waals surface area (Å²) in [5, 5.41) is 2.81. The van der Waals surface area contributed by atoms with Gasteiger partial charge in [0.2, 0.25) is 0 Å². The average Bonchev–Trinajstić information content (AvgIpc) is 2.60. The summed E-state index contributed by atoms with van der Waals surface area (Å²) >= 11 is 2.14. The molecule has 0 saturated carbocycles. The number of hydrogen-bond donors (Lipinski definition) is 1. The van der Waals surface area contributed by atoms with Crippen molar-refractivity contribution in [1.82, 2.24) is 5.32 Å². The molecule has 0 aliphatic rings. The topological polar surface area (TPSA) is 72.5 Å². The number of carbonyl (C=O) groups excluding carboxylic acids is 1. The fourth-order valence-corrected chi connectivity index (χ4v) is 3.51. The van der Waals surface area contributed by atoms with Crippen molar-refractivity contribution in [3.05, 3.63) is 57.2 Å². The number of halogens is 1. The minimum Gasteiger partial charge on any atom is -0.496 e. The Morgan fingerprint density at radius 2 is 1.83 bits per heavy atom. The fraction of sp³-hybridized carbons (Fsp3) is 0.235. The highest BCUT2D eigenvalue weighted by Gasteiger charge is 2.12. The second kappa shape index (κ2) is 7.98. The van der Waals surface area contributed by atoms with Gasteiger partial charge in [0.05, 0.1) is 21.3 Å². The first-order chi connectivity index (χ1) is 11.4. The van der Waals surface area contributed by atoms with Gasteiger partial charge < -0.3 is 10.1 Å². The zero-order valence-electron chi connectivity index (χ0n) is 13.4. The third kappa shape index (κ3) is 4.47. The molecule has 128 valence electrons. The van der Waals surface area contributed by atoms with Crippen LogP contribution < -0.4 is 10.1 Å². The molecule has 2 rings (SSSR count). The van der Waals surface area contributed by atoms with E-state index in [9.17, 15) is 13.2 Å². The van der Waals surface area contributed by atoms with Crippen LogP contribution in [0.4, 0.5) is 0 Å². The number of ether oxygens (including phenoxy) is 1. The second-order valence-corrected chi connectivity index (χ2v) is 8.52. The minimum atomic E-state index is -3.20. The van der Waals surface area contributed by atoms with Gasteiger partial charge in [-0.3, -0.25) is 4.79 Å². The van der Waals surface area contributed by atoms with Crippen molar-refractivity contribution >= 4 is 38.3 Å². The van der Waals surface area contributed by atoms with E-state index in [4.69, 9.17) is 4.74 Å². The lowest BCUT2D eigenvalue weighted by atomic mass is 10.2. The summed E-state index contributed by atoms with van der Waals surface area (Å²) < 4.78 is 29.7. The maximum absolute atomic E-state index is 12.2. The molecular weight excluding hydrogens is 441 g/mol. The number of sulfone groups is 1. The Kier molecular flexibility index (Phi) is 6.22.